The van der Waals surface area contributed by atoms with Crippen LogP contribution in [0.4, 0.5) is 0 Å². The number of methoxy groups -OCH3 is 1. The molecule has 2 aromatic heterocycles. The normalized spacial score (nSPS) is 12.1. The fourth-order valence-corrected chi connectivity index (χ4v) is 3.98. The third-order valence-electron chi connectivity index (χ3n) is 4.44. The van der Waals surface area contributed by atoms with Crippen LogP contribution >= 0.6 is 23.6 Å². The molecule has 1 atom stereocenters. The van der Waals surface area contributed by atoms with E-state index in [-0.39, 0.29) is 5.92 Å². The molecule has 0 N–H and O–H groups in total. The molecule has 2 heterocycles. The van der Waals surface area contributed by atoms with E-state index in [4.69, 9.17) is 27.3 Å². The van der Waals surface area contributed by atoms with E-state index in [0.717, 1.165) is 28.7 Å². The van der Waals surface area contributed by atoms with Crippen molar-refractivity contribution >= 4 is 23.6 Å². The van der Waals surface area contributed by atoms with Gasteiger partial charge in [-0.05, 0) is 49.3 Å². The van der Waals surface area contributed by atoms with Gasteiger partial charge in [0.2, 0.25) is 4.77 Å². The molecule has 0 saturated heterocycles. The zero-order chi connectivity index (χ0) is 20.1. The molecule has 1 aromatic carbocycles. The van der Waals surface area contributed by atoms with Crippen molar-refractivity contribution in [1.29, 1.82) is 5.26 Å². The first-order valence-corrected chi connectivity index (χ1v) is 10.4. The molecule has 0 amide bonds. The second-order valence-corrected chi connectivity index (χ2v) is 7.74. The molecule has 0 radical (unpaired) electrons. The minimum absolute atomic E-state index is 0.0535. The van der Waals surface area contributed by atoms with E-state index < -0.39 is 0 Å². The largest absolute Gasteiger partial charge is 0.495 e. The van der Waals surface area contributed by atoms with E-state index >= 15 is 0 Å². The maximum absolute atomic E-state index is 9.14. The van der Waals surface area contributed by atoms with Crippen LogP contribution in [0, 0.1) is 22.0 Å². The van der Waals surface area contributed by atoms with Crippen molar-refractivity contribution in [3.05, 3.63) is 46.5 Å². The highest BCUT2D eigenvalue weighted by Gasteiger charge is 2.19. The van der Waals surface area contributed by atoms with Crippen molar-refractivity contribution < 1.29 is 4.74 Å². The smallest absolute Gasteiger partial charge is 0.204 e. The van der Waals surface area contributed by atoms with Crippen molar-refractivity contribution in [2.45, 2.75) is 20.5 Å². The van der Waals surface area contributed by atoms with Crippen molar-refractivity contribution in [1.82, 2.24) is 19.2 Å². The second-order valence-electron chi connectivity index (χ2n) is 6.43. The number of nitriles is 1. The van der Waals surface area contributed by atoms with Crippen molar-refractivity contribution in [2.24, 2.45) is 5.92 Å². The Balaban J connectivity index is 2.09. The summed E-state index contributed by atoms with van der Waals surface area (Å²) in [6.45, 7) is 6.01. The molecule has 0 aliphatic rings. The Morgan fingerprint density at radius 1 is 1.32 bits per heavy atom. The van der Waals surface area contributed by atoms with Gasteiger partial charge in [-0.25, -0.2) is 4.68 Å². The van der Waals surface area contributed by atoms with Crippen LogP contribution in [0.5, 0.6) is 5.75 Å². The molecule has 0 aliphatic heterocycles. The lowest BCUT2D eigenvalue weighted by atomic mass is 10.2. The predicted octanol–water partition coefficient (Wildman–Crippen LogP) is 4.58. The number of ether oxygens (including phenoxy) is 1. The minimum Gasteiger partial charge on any atom is -0.495 e. The summed E-state index contributed by atoms with van der Waals surface area (Å²) >= 11 is 7.42. The van der Waals surface area contributed by atoms with Gasteiger partial charge in [-0.15, -0.1) is 16.4 Å². The Morgan fingerprint density at radius 2 is 2.11 bits per heavy atom. The van der Waals surface area contributed by atoms with E-state index in [1.807, 2.05) is 58.0 Å². The molecule has 0 saturated carbocycles. The minimum atomic E-state index is -0.0535. The molecular weight excluding hydrogens is 390 g/mol. The van der Waals surface area contributed by atoms with Gasteiger partial charge in [0.05, 0.1) is 36.3 Å². The van der Waals surface area contributed by atoms with Gasteiger partial charge in [-0.2, -0.15) is 5.26 Å². The Labute approximate surface area is 174 Å². The first-order valence-electron chi connectivity index (χ1n) is 9.08. The summed E-state index contributed by atoms with van der Waals surface area (Å²) < 4.78 is 9.94. The van der Waals surface area contributed by atoms with Crippen LogP contribution in [0.1, 0.15) is 13.8 Å². The fraction of sp³-hybridized carbons (Fsp3) is 0.350. The average molecular weight is 414 g/mol. The zero-order valence-electron chi connectivity index (χ0n) is 16.2. The first kappa shape index (κ1) is 20.3. The monoisotopic (exact) mass is 413 g/mol. The molecule has 28 heavy (non-hydrogen) atoms. The highest BCUT2D eigenvalue weighted by atomic mass is 32.1. The maximum Gasteiger partial charge on any atom is 0.204 e. The van der Waals surface area contributed by atoms with Crippen LogP contribution in [0.15, 0.2) is 41.8 Å². The molecule has 0 fully saturated rings. The third kappa shape index (κ3) is 4.17. The van der Waals surface area contributed by atoms with Gasteiger partial charge < -0.3 is 4.74 Å². The number of hydrogen-bond acceptors (Lipinski definition) is 6. The van der Waals surface area contributed by atoms with Gasteiger partial charge in [0.25, 0.3) is 0 Å². The van der Waals surface area contributed by atoms with E-state index in [0.29, 0.717) is 18.0 Å². The summed E-state index contributed by atoms with van der Waals surface area (Å²) in [7, 11) is 1.65. The number of nitrogens with zero attached hydrogens (tertiary/aromatic N) is 5. The number of hydrogen-bond donors (Lipinski definition) is 0. The Bertz CT molecular complexity index is 1020. The van der Waals surface area contributed by atoms with Gasteiger partial charge in [0, 0.05) is 6.54 Å². The molecule has 3 aromatic rings. The molecular formula is C20H23N5OS2. The molecule has 3 rings (SSSR count). The lowest BCUT2D eigenvalue weighted by Gasteiger charge is -2.21. The number of para-hydroxylation sites is 2. The number of rotatable bonds is 8. The van der Waals surface area contributed by atoms with Gasteiger partial charge in [0.1, 0.15) is 5.75 Å². The summed E-state index contributed by atoms with van der Waals surface area (Å²) in [6, 6.07) is 14.1. The summed E-state index contributed by atoms with van der Waals surface area (Å²) in [5, 5.41) is 16.0. The number of thiophene rings is 1. The highest BCUT2D eigenvalue weighted by molar-refractivity contribution is 7.71. The van der Waals surface area contributed by atoms with Crippen molar-refractivity contribution in [3.63, 3.8) is 0 Å². The molecule has 1 unspecified atom stereocenters. The molecule has 6 nitrogen and oxygen atoms in total. The lowest BCUT2D eigenvalue weighted by Crippen LogP contribution is -2.30. The summed E-state index contributed by atoms with van der Waals surface area (Å²) in [4.78, 5) is 3.20. The standard InChI is InChI=1S/C20H23N5OS2/c1-4-23(13-15(2)12-21)14-24-20(27)25(16-8-5-6-9-17(16)26-3)19(22-24)18-10-7-11-28-18/h5-11,15H,4,13-14H2,1-3H3. The van der Waals surface area contributed by atoms with Gasteiger partial charge >= 0.3 is 0 Å². The van der Waals surface area contributed by atoms with Crippen LogP contribution in [-0.4, -0.2) is 39.4 Å². The van der Waals surface area contributed by atoms with E-state index in [1.54, 1.807) is 18.4 Å². The molecule has 146 valence electrons. The topological polar surface area (TPSA) is 59.0 Å². The molecule has 0 spiro atoms. The molecule has 8 heteroatoms. The summed E-state index contributed by atoms with van der Waals surface area (Å²) in [5.41, 5.74) is 0.859. The van der Waals surface area contributed by atoms with Gasteiger partial charge in [-0.1, -0.05) is 25.1 Å². The Hall–Kier alpha value is -2.47. The fourth-order valence-electron chi connectivity index (χ4n) is 3.00. The zero-order valence-corrected chi connectivity index (χ0v) is 17.8. The lowest BCUT2D eigenvalue weighted by molar-refractivity contribution is 0.202. The second kappa shape index (κ2) is 9.15. The van der Waals surface area contributed by atoms with Crippen LogP contribution in [-0.2, 0) is 6.67 Å². The highest BCUT2D eigenvalue weighted by Crippen LogP contribution is 2.30. The maximum atomic E-state index is 9.14. The van der Waals surface area contributed by atoms with Crippen LogP contribution in [0.2, 0.25) is 0 Å². The average Bonchev–Trinajstić information content (AvgIpc) is 3.35. The van der Waals surface area contributed by atoms with Crippen LogP contribution in [0.3, 0.4) is 0 Å². The van der Waals surface area contributed by atoms with E-state index in [2.05, 4.69) is 17.9 Å². The first-order chi connectivity index (χ1) is 13.6. The SMILES string of the molecule is CCN(CC(C)C#N)Cn1nc(-c2cccs2)n(-c2ccccc2OC)c1=S. The third-order valence-corrected chi connectivity index (χ3v) is 5.70. The van der Waals surface area contributed by atoms with Crippen LogP contribution in [0.25, 0.3) is 16.4 Å². The Morgan fingerprint density at radius 3 is 2.75 bits per heavy atom. The van der Waals surface area contributed by atoms with Crippen molar-refractivity contribution in [2.75, 3.05) is 20.2 Å². The van der Waals surface area contributed by atoms with E-state index in [9.17, 15) is 0 Å². The number of benzene rings is 1. The quantitative estimate of drug-likeness (QED) is 0.506. The Kier molecular flexibility index (Phi) is 6.62. The molecule has 0 bridgehead atoms. The van der Waals surface area contributed by atoms with E-state index in [1.165, 1.54) is 0 Å². The summed E-state index contributed by atoms with van der Waals surface area (Å²) in [6.07, 6.45) is 0. The molecule has 0 aliphatic carbocycles. The number of aromatic nitrogens is 3. The van der Waals surface area contributed by atoms with Crippen molar-refractivity contribution in [3.8, 4) is 28.2 Å². The predicted molar refractivity (Wildman–Crippen MR) is 114 cm³/mol. The van der Waals surface area contributed by atoms with Gasteiger partial charge in [-0.3, -0.25) is 9.47 Å². The van der Waals surface area contributed by atoms with Gasteiger partial charge in [0.15, 0.2) is 5.82 Å². The van der Waals surface area contributed by atoms with Crippen LogP contribution < -0.4 is 4.74 Å². The summed E-state index contributed by atoms with van der Waals surface area (Å²) in [5.74, 6) is 1.47.